The Kier molecular flexibility index (Phi) is 8.29. The van der Waals surface area contributed by atoms with Gasteiger partial charge in [-0.15, -0.1) is 12.4 Å². The molecule has 0 aromatic heterocycles. The predicted octanol–water partition coefficient (Wildman–Crippen LogP) is 0.925. The van der Waals surface area contributed by atoms with Crippen molar-refractivity contribution in [1.29, 1.82) is 0 Å². The maximum Gasteiger partial charge on any atom is 0.237 e. The zero-order chi connectivity index (χ0) is 16.1. The summed E-state index contributed by atoms with van der Waals surface area (Å²) in [5, 5.41) is 3.06. The summed E-state index contributed by atoms with van der Waals surface area (Å²) in [4.78, 5) is 26.1. The van der Waals surface area contributed by atoms with Crippen LogP contribution in [0.15, 0.2) is 0 Å². The van der Waals surface area contributed by atoms with Gasteiger partial charge >= 0.3 is 0 Å². The van der Waals surface area contributed by atoms with Gasteiger partial charge in [0, 0.05) is 39.3 Å². The minimum absolute atomic E-state index is 0. The van der Waals surface area contributed by atoms with Crippen molar-refractivity contribution in [3.8, 4) is 0 Å². The number of carbonyl (C=O) groups is 2. The van der Waals surface area contributed by atoms with Gasteiger partial charge in [-0.3, -0.25) is 9.59 Å². The molecule has 1 heterocycles. The average Bonchev–Trinajstić information content (AvgIpc) is 2.54. The molecule has 2 aliphatic rings. The Morgan fingerprint density at radius 3 is 2.43 bits per heavy atom. The number of ether oxygens (including phenoxy) is 1. The maximum absolute atomic E-state index is 12.3. The Hall–Kier alpha value is -0.850. The quantitative estimate of drug-likeness (QED) is 0.792. The molecule has 1 aliphatic heterocycles. The Morgan fingerprint density at radius 1 is 1.17 bits per heavy atom. The third-order valence-corrected chi connectivity index (χ3v) is 4.89. The van der Waals surface area contributed by atoms with Crippen LogP contribution in [-0.2, 0) is 14.3 Å². The van der Waals surface area contributed by atoms with Crippen molar-refractivity contribution in [3.05, 3.63) is 0 Å². The highest BCUT2D eigenvalue weighted by Crippen LogP contribution is 2.26. The molecule has 0 bridgehead atoms. The van der Waals surface area contributed by atoms with Crippen molar-refractivity contribution in [2.24, 2.45) is 17.6 Å². The largest absolute Gasteiger partial charge is 0.381 e. The molecule has 0 spiro atoms. The highest BCUT2D eigenvalue weighted by molar-refractivity contribution is 5.85. The first-order valence-electron chi connectivity index (χ1n) is 8.34. The van der Waals surface area contributed by atoms with E-state index in [2.05, 4.69) is 5.32 Å². The number of hydrogen-bond acceptors (Lipinski definition) is 4. The number of halogens is 1. The molecule has 0 aromatic carbocycles. The van der Waals surface area contributed by atoms with E-state index in [4.69, 9.17) is 10.5 Å². The molecule has 3 atom stereocenters. The molecule has 1 saturated heterocycles. The van der Waals surface area contributed by atoms with Gasteiger partial charge in [-0.05, 0) is 38.0 Å². The minimum Gasteiger partial charge on any atom is -0.381 e. The number of carbonyl (C=O) groups excluding carboxylic acids is 2. The van der Waals surface area contributed by atoms with Gasteiger partial charge < -0.3 is 20.7 Å². The molecule has 7 heteroatoms. The standard InChI is InChI=1S/C16H29N3O3.ClH/c1-19(2)16(21)12-4-3-5-13(10-12)18-15(20)14(17)11-6-8-22-9-7-11;/h11-14H,3-10,17H2,1-2H3,(H,18,20);1H. The third-order valence-electron chi connectivity index (χ3n) is 4.89. The Balaban J connectivity index is 0.00000264. The van der Waals surface area contributed by atoms with E-state index < -0.39 is 6.04 Å². The van der Waals surface area contributed by atoms with Crippen molar-refractivity contribution in [2.45, 2.75) is 50.6 Å². The van der Waals surface area contributed by atoms with Crippen LogP contribution in [0.3, 0.4) is 0 Å². The first-order valence-corrected chi connectivity index (χ1v) is 8.34. The second-order valence-corrected chi connectivity index (χ2v) is 6.78. The van der Waals surface area contributed by atoms with Crippen molar-refractivity contribution in [1.82, 2.24) is 10.2 Å². The zero-order valence-electron chi connectivity index (χ0n) is 14.1. The molecule has 2 amide bonds. The van der Waals surface area contributed by atoms with Crippen LogP contribution in [0, 0.1) is 11.8 Å². The molecule has 1 aliphatic carbocycles. The van der Waals surface area contributed by atoms with Crippen molar-refractivity contribution in [2.75, 3.05) is 27.3 Å². The van der Waals surface area contributed by atoms with Crippen LogP contribution in [0.1, 0.15) is 38.5 Å². The molecular weight excluding hydrogens is 318 g/mol. The number of nitrogens with two attached hydrogens (primary N) is 1. The van der Waals surface area contributed by atoms with Crippen LogP contribution >= 0.6 is 12.4 Å². The zero-order valence-corrected chi connectivity index (χ0v) is 14.9. The first kappa shape index (κ1) is 20.2. The van der Waals surface area contributed by atoms with Crippen LogP contribution in [0.2, 0.25) is 0 Å². The second-order valence-electron chi connectivity index (χ2n) is 6.78. The fourth-order valence-corrected chi connectivity index (χ4v) is 3.50. The summed E-state index contributed by atoms with van der Waals surface area (Å²) < 4.78 is 5.31. The third kappa shape index (κ3) is 5.62. The van der Waals surface area contributed by atoms with Crippen LogP contribution in [0.5, 0.6) is 0 Å². The summed E-state index contributed by atoms with van der Waals surface area (Å²) in [6.45, 7) is 1.38. The van der Waals surface area contributed by atoms with Gasteiger partial charge in [-0.1, -0.05) is 6.42 Å². The van der Waals surface area contributed by atoms with Crippen LogP contribution in [0.25, 0.3) is 0 Å². The predicted molar refractivity (Wildman–Crippen MR) is 91.3 cm³/mol. The number of amides is 2. The molecule has 3 unspecified atom stereocenters. The molecule has 2 rings (SSSR count). The summed E-state index contributed by atoms with van der Waals surface area (Å²) in [6, 6.07) is -0.394. The minimum atomic E-state index is -0.464. The number of hydrogen-bond donors (Lipinski definition) is 2. The van der Waals surface area contributed by atoms with E-state index in [0.717, 1.165) is 38.5 Å². The normalized spacial score (nSPS) is 26.7. The van der Waals surface area contributed by atoms with Crippen molar-refractivity contribution in [3.63, 3.8) is 0 Å². The first-order chi connectivity index (χ1) is 10.5. The monoisotopic (exact) mass is 347 g/mol. The molecule has 23 heavy (non-hydrogen) atoms. The van der Waals surface area contributed by atoms with E-state index in [1.807, 2.05) is 0 Å². The maximum atomic E-state index is 12.3. The smallest absolute Gasteiger partial charge is 0.237 e. The van der Waals surface area contributed by atoms with Crippen LogP contribution in [0.4, 0.5) is 0 Å². The fraction of sp³-hybridized carbons (Fsp3) is 0.875. The molecular formula is C16H30ClN3O3. The fourth-order valence-electron chi connectivity index (χ4n) is 3.50. The van der Waals surface area contributed by atoms with E-state index in [0.29, 0.717) is 13.2 Å². The van der Waals surface area contributed by atoms with Gasteiger partial charge in [0.25, 0.3) is 0 Å². The van der Waals surface area contributed by atoms with Gasteiger partial charge in [-0.2, -0.15) is 0 Å². The lowest BCUT2D eigenvalue weighted by molar-refractivity contribution is -0.135. The molecule has 3 N–H and O–H groups in total. The highest BCUT2D eigenvalue weighted by Gasteiger charge is 2.32. The van der Waals surface area contributed by atoms with Gasteiger partial charge in [0.15, 0.2) is 0 Å². The summed E-state index contributed by atoms with van der Waals surface area (Å²) in [5.74, 6) is 0.312. The van der Waals surface area contributed by atoms with E-state index in [1.165, 1.54) is 0 Å². The summed E-state index contributed by atoms with van der Waals surface area (Å²) in [6.07, 6.45) is 5.24. The lowest BCUT2D eigenvalue weighted by Gasteiger charge is -2.32. The molecule has 2 fully saturated rings. The average molecular weight is 348 g/mol. The van der Waals surface area contributed by atoms with Crippen LogP contribution < -0.4 is 11.1 Å². The van der Waals surface area contributed by atoms with Gasteiger partial charge in [0.1, 0.15) is 0 Å². The van der Waals surface area contributed by atoms with Gasteiger partial charge in [0.2, 0.25) is 11.8 Å². The molecule has 134 valence electrons. The second kappa shape index (κ2) is 9.45. The topological polar surface area (TPSA) is 84.7 Å². The SMILES string of the molecule is CN(C)C(=O)C1CCCC(NC(=O)C(N)C2CCOCC2)C1.Cl. The lowest BCUT2D eigenvalue weighted by Crippen LogP contribution is -2.51. The Bertz CT molecular complexity index is 400. The van der Waals surface area contributed by atoms with E-state index >= 15 is 0 Å². The molecule has 0 aromatic rings. The Labute approximate surface area is 144 Å². The molecule has 1 saturated carbocycles. The van der Waals surface area contributed by atoms with Crippen molar-refractivity contribution >= 4 is 24.2 Å². The molecule has 6 nitrogen and oxygen atoms in total. The number of rotatable bonds is 4. The molecule has 0 radical (unpaired) electrons. The number of nitrogens with one attached hydrogen (secondary N) is 1. The van der Waals surface area contributed by atoms with E-state index in [1.54, 1.807) is 19.0 Å². The van der Waals surface area contributed by atoms with Crippen LogP contribution in [-0.4, -0.2) is 56.1 Å². The van der Waals surface area contributed by atoms with Gasteiger partial charge in [0.05, 0.1) is 6.04 Å². The van der Waals surface area contributed by atoms with E-state index in [9.17, 15) is 9.59 Å². The highest BCUT2D eigenvalue weighted by atomic mass is 35.5. The van der Waals surface area contributed by atoms with Crippen molar-refractivity contribution < 1.29 is 14.3 Å². The summed E-state index contributed by atoms with van der Waals surface area (Å²) in [7, 11) is 3.57. The lowest BCUT2D eigenvalue weighted by atomic mass is 9.84. The van der Waals surface area contributed by atoms with Gasteiger partial charge in [-0.25, -0.2) is 0 Å². The summed E-state index contributed by atoms with van der Waals surface area (Å²) >= 11 is 0. The van der Waals surface area contributed by atoms with E-state index in [-0.39, 0.29) is 42.1 Å². The summed E-state index contributed by atoms with van der Waals surface area (Å²) in [5.41, 5.74) is 6.11. The Morgan fingerprint density at radius 2 is 1.83 bits per heavy atom. The number of nitrogens with zero attached hydrogens (tertiary/aromatic N) is 1.